The third kappa shape index (κ3) is 42.4. The van der Waals surface area contributed by atoms with Crippen molar-refractivity contribution in [1.82, 2.24) is 0 Å². The lowest BCUT2D eigenvalue weighted by Gasteiger charge is -2.19. The molecule has 0 aromatic carbocycles. The molecule has 9 nitrogen and oxygen atoms in total. The topological polar surface area (TPSA) is 134 Å². The van der Waals surface area contributed by atoms with Crippen LogP contribution in [-0.4, -0.2) is 49.3 Å². The average molecular weight is 804 g/mol. The first-order valence-corrected chi connectivity index (χ1v) is 25.0. The Bertz CT molecular complexity index is 876. The van der Waals surface area contributed by atoms with Gasteiger partial charge >= 0.3 is 19.8 Å². The molecule has 0 aliphatic carbocycles. The Morgan fingerprint density at radius 1 is 0.473 bits per heavy atom. The minimum absolute atomic E-state index is 0.0581. The number of hydrogen-bond donors (Lipinski definition) is 2. The van der Waals surface area contributed by atoms with Gasteiger partial charge in [-0.25, -0.2) is 4.57 Å². The van der Waals surface area contributed by atoms with Gasteiger partial charge in [-0.05, 0) is 12.8 Å². The van der Waals surface area contributed by atoms with Crippen molar-refractivity contribution < 1.29 is 37.6 Å². The van der Waals surface area contributed by atoms with Gasteiger partial charge in [0.2, 0.25) is 0 Å². The third-order valence-electron chi connectivity index (χ3n) is 10.5. The van der Waals surface area contributed by atoms with Crippen molar-refractivity contribution in [1.29, 1.82) is 0 Å². The van der Waals surface area contributed by atoms with Gasteiger partial charge in [0.25, 0.3) is 0 Å². The summed E-state index contributed by atoms with van der Waals surface area (Å²) in [7, 11) is -4.37. The summed E-state index contributed by atoms with van der Waals surface area (Å²) in [6.07, 6.45) is 42.9. The number of carbonyl (C=O) groups excluding carboxylic acids is 2. The summed E-state index contributed by atoms with van der Waals surface area (Å²) >= 11 is 0. The Morgan fingerprint density at radius 3 is 1.11 bits per heavy atom. The third-order valence-corrected chi connectivity index (χ3v) is 11.5. The molecule has 0 aliphatic heterocycles. The van der Waals surface area contributed by atoms with E-state index >= 15 is 0 Å². The minimum Gasteiger partial charge on any atom is -0.462 e. The molecule has 0 amide bonds. The van der Waals surface area contributed by atoms with Crippen LogP contribution in [0.15, 0.2) is 0 Å². The lowest BCUT2D eigenvalue weighted by molar-refractivity contribution is -0.161. The van der Waals surface area contributed by atoms with Crippen LogP contribution in [0, 0.1) is 0 Å². The molecule has 0 aromatic heterocycles. The Morgan fingerprint density at radius 2 is 0.782 bits per heavy atom. The molecule has 2 atom stereocenters. The molecule has 0 bridgehead atoms. The van der Waals surface area contributed by atoms with Gasteiger partial charge in [0, 0.05) is 19.4 Å². The van der Waals surface area contributed by atoms with Crippen LogP contribution in [-0.2, 0) is 32.7 Å². The van der Waals surface area contributed by atoms with E-state index < -0.39 is 26.5 Å². The molecular formula is C45H90NO8P. The van der Waals surface area contributed by atoms with Crippen LogP contribution in [0.3, 0.4) is 0 Å². The van der Waals surface area contributed by atoms with Gasteiger partial charge < -0.3 is 20.1 Å². The first-order valence-electron chi connectivity index (χ1n) is 23.5. The quantitative estimate of drug-likeness (QED) is 0.0350. The maximum atomic E-state index is 12.6. The fourth-order valence-corrected chi connectivity index (χ4v) is 7.76. The predicted octanol–water partition coefficient (Wildman–Crippen LogP) is 13.6. The van der Waals surface area contributed by atoms with E-state index in [0.717, 1.165) is 32.1 Å². The molecule has 0 saturated carbocycles. The standard InChI is InChI=1S/C45H90NO8P/c1-3-5-7-9-11-13-15-16-17-18-19-20-21-22-23-24-25-26-28-30-32-34-36-38-45(48)54-43(42-53-55(49,50)52-40-39-46)41-51-44(47)37-35-33-31-29-27-14-12-10-8-6-4-2/h43H,3-42,46H2,1-2H3,(H,49,50). The van der Waals surface area contributed by atoms with Gasteiger partial charge in [-0.1, -0.05) is 219 Å². The maximum absolute atomic E-state index is 12.6. The minimum atomic E-state index is -4.37. The molecule has 0 heterocycles. The lowest BCUT2D eigenvalue weighted by Crippen LogP contribution is -2.29. The Hall–Kier alpha value is -0.990. The molecule has 0 saturated heterocycles. The zero-order chi connectivity index (χ0) is 40.3. The number of phosphoric acid groups is 1. The van der Waals surface area contributed by atoms with Crippen molar-refractivity contribution >= 4 is 19.8 Å². The van der Waals surface area contributed by atoms with Crippen molar-refractivity contribution in [3.63, 3.8) is 0 Å². The molecule has 55 heavy (non-hydrogen) atoms. The molecule has 328 valence electrons. The summed E-state index contributed by atoms with van der Waals surface area (Å²) in [4.78, 5) is 34.9. The molecule has 0 rings (SSSR count). The van der Waals surface area contributed by atoms with Gasteiger partial charge in [0.05, 0.1) is 13.2 Å². The van der Waals surface area contributed by atoms with Crippen molar-refractivity contribution in [3.8, 4) is 0 Å². The highest BCUT2D eigenvalue weighted by Gasteiger charge is 2.26. The Kier molecular flexibility index (Phi) is 41.8. The van der Waals surface area contributed by atoms with Crippen LogP contribution in [0.25, 0.3) is 0 Å². The molecule has 0 radical (unpaired) electrons. The molecule has 0 aromatic rings. The van der Waals surface area contributed by atoms with E-state index in [1.165, 1.54) is 180 Å². The monoisotopic (exact) mass is 804 g/mol. The summed E-state index contributed by atoms with van der Waals surface area (Å²) in [5.41, 5.74) is 5.35. The highest BCUT2D eigenvalue weighted by atomic mass is 31.2. The van der Waals surface area contributed by atoms with E-state index in [0.29, 0.717) is 6.42 Å². The van der Waals surface area contributed by atoms with Crippen molar-refractivity contribution in [3.05, 3.63) is 0 Å². The summed E-state index contributed by atoms with van der Waals surface area (Å²) in [5.74, 6) is -0.812. The number of nitrogens with two attached hydrogens (primary N) is 1. The van der Waals surface area contributed by atoms with Crippen molar-refractivity contribution in [2.24, 2.45) is 5.73 Å². The normalized spacial score (nSPS) is 13.2. The van der Waals surface area contributed by atoms with Crippen LogP contribution >= 0.6 is 7.82 Å². The smallest absolute Gasteiger partial charge is 0.462 e. The summed E-state index contributed by atoms with van der Waals surface area (Å²) < 4.78 is 32.8. The van der Waals surface area contributed by atoms with Crippen LogP contribution < -0.4 is 5.73 Å². The second-order valence-electron chi connectivity index (χ2n) is 16.0. The fourth-order valence-electron chi connectivity index (χ4n) is 6.99. The molecule has 3 N–H and O–H groups in total. The number of unbranched alkanes of at least 4 members (excludes halogenated alkanes) is 32. The van der Waals surface area contributed by atoms with Crippen LogP contribution in [0.5, 0.6) is 0 Å². The summed E-state index contributed by atoms with van der Waals surface area (Å²) in [6.45, 7) is 3.77. The van der Waals surface area contributed by atoms with Crippen molar-refractivity contribution in [2.45, 2.75) is 251 Å². The first-order chi connectivity index (χ1) is 26.8. The Balaban J connectivity index is 3.96. The van der Waals surface area contributed by atoms with Crippen LogP contribution in [0.4, 0.5) is 0 Å². The average Bonchev–Trinajstić information content (AvgIpc) is 3.17. The van der Waals surface area contributed by atoms with E-state index in [1.807, 2.05) is 0 Å². The van der Waals surface area contributed by atoms with Crippen molar-refractivity contribution in [2.75, 3.05) is 26.4 Å². The summed E-state index contributed by atoms with van der Waals surface area (Å²) in [5, 5.41) is 0. The van der Waals surface area contributed by atoms with E-state index in [4.69, 9.17) is 24.3 Å². The zero-order valence-corrected chi connectivity index (χ0v) is 37.1. The number of rotatable bonds is 45. The molecular weight excluding hydrogens is 713 g/mol. The Labute approximate surface area is 339 Å². The largest absolute Gasteiger partial charge is 0.472 e. The zero-order valence-electron chi connectivity index (χ0n) is 36.2. The fraction of sp³-hybridized carbons (Fsp3) is 0.956. The second kappa shape index (κ2) is 42.6. The van der Waals surface area contributed by atoms with Gasteiger partial charge in [0.1, 0.15) is 6.61 Å². The highest BCUT2D eigenvalue weighted by molar-refractivity contribution is 7.47. The van der Waals surface area contributed by atoms with E-state index in [1.54, 1.807) is 0 Å². The van der Waals surface area contributed by atoms with Gasteiger partial charge in [0.15, 0.2) is 6.10 Å². The molecule has 2 unspecified atom stereocenters. The second-order valence-corrected chi connectivity index (χ2v) is 17.4. The van der Waals surface area contributed by atoms with Gasteiger partial charge in [-0.3, -0.25) is 18.6 Å². The van der Waals surface area contributed by atoms with Gasteiger partial charge in [-0.2, -0.15) is 0 Å². The van der Waals surface area contributed by atoms with E-state index in [9.17, 15) is 19.0 Å². The molecule has 0 aliphatic rings. The van der Waals surface area contributed by atoms with Crippen LogP contribution in [0.1, 0.15) is 245 Å². The number of esters is 2. The lowest BCUT2D eigenvalue weighted by atomic mass is 10.0. The van der Waals surface area contributed by atoms with Crippen LogP contribution in [0.2, 0.25) is 0 Å². The highest BCUT2D eigenvalue weighted by Crippen LogP contribution is 2.43. The number of ether oxygens (including phenoxy) is 2. The predicted molar refractivity (Wildman–Crippen MR) is 229 cm³/mol. The molecule has 0 fully saturated rings. The molecule has 0 spiro atoms. The number of hydrogen-bond acceptors (Lipinski definition) is 8. The first kappa shape index (κ1) is 54.0. The summed E-state index contributed by atoms with van der Waals surface area (Å²) in [6, 6.07) is 0. The van der Waals surface area contributed by atoms with Gasteiger partial charge in [-0.15, -0.1) is 0 Å². The van der Waals surface area contributed by atoms with E-state index in [2.05, 4.69) is 13.8 Å². The maximum Gasteiger partial charge on any atom is 0.472 e. The number of phosphoric ester groups is 1. The number of carbonyl (C=O) groups is 2. The molecule has 10 heteroatoms. The van der Waals surface area contributed by atoms with E-state index in [-0.39, 0.29) is 38.6 Å². The SMILES string of the molecule is CCCCCCCCCCCCCCCCCCCCCCCCCC(=O)OC(COC(=O)CCCCCCCCCCCCC)COP(=O)(O)OCCN.